The Kier molecular flexibility index (Phi) is 78.5. The molecular formula is C91H152O16P2. The molecule has 16 nitrogen and oxygen atoms in total. The number of phosphoric ester groups is 2. The van der Waals surface area contributed by atoms with E-state index in [2.05, 4.69) is 179 Å². The highest BCUT2D eigenvalue weighted by Crippen LogP contribution is 2.45. The molecule has 0 aromatic heterocycles. The summed E-state index contributed by atoms with van der Waals surface area (Å²) in [6.07, 6.45) is 106. The molecule has 109 heavy (non-hydrogen) atoms. The number of esters is 3. The van der Waals surface area contributed by atoms with Gasteiger partial charge in [0.25, 0.3) is 0 Å². The number of aliphatic hydroxyl groups excluding tert-OH is 2. The number of allylic oxidation sites excluding steroid dienone is 28. The smallest absolute Gasteiger partial charge is 0.463 e. The van der Waals surface area contributed by atoms with Crippen molar-refractivity contribution in [1.29, 1.82) is 0 Å². The second-order valence-corrected chi connectivity index (χ2v) is 30.8. The Hall–Kier alpha value is -5.09. The lowest BCUT2D eigenvalue weighted by atomic mass is 10.0. The largest absolute Gasteiger partial charge is 0.472 e. The van der Waals surface area contributed by atoms with Crippen molar-refractivity contribution >= 4 is 33.6 Å². The first kappa shape index (κ1) is 104. The van der Waals surface area contributed by atoms with Gasteiger partial charge in [-0.2, -0.15) is 0 Å². The molecular weight excluding hydrogens is 1410 g/mol. The first-order valence-electron chi connectivity index (χ1n) is 42.4. The fraction of sp³-hybridized carbons (Fsp3) is 0.659. The molecule has 0 aromatic rings. The summed E-state index contributed by atoms with van der Waals surface area (Å²) < 4.78 is 61.1. The minimum absolute atomic E-state index is 0.0159. The number of aliphatic hydroxyl groups is 2. The second-order valence-electron chi connectivity index (χ2n) is 27.9. The first-order chi connectivity index (χ1) is 53.2. The number of hydrogen-bond donors (Lipinski definition) is 4. The lowest BCUT2D eigenvalue weighted by Crippen LogP contribution is -2.30. The van der Waals surface area contributed by atoms with Crippen molar-refractivity contribution in [3.8, 4) is 0 Å². The van der Waals surface area contributed by atoms with Crippen LogP contribution in [0.2, 0.25) is 0 Å². The molecule has 0 spiro atoms. The third kappa shape index (κ3) is 83.7. The lowest BCUT2D eigenvalue weighted by molar-refractivity contribution is -0.161. The third-order valence-corrected chi connectivity index (χ3v) is 19.3. The SMILES string of the molecule is CC/C=C\C/C=C\C/C=C\C/C=C\C/C=C\CCCCCCCC(=O)OCC(COP(=O)(O)OCC(O)COP(=O)(O)OCC(O)COC(=O)CCCCCCCCCCCCCCCCCCCCC/C=C\C/C=C\C/C=C\C/C=C\CCCCC)OC(=O)CCC/C=C\C/C=C\C/C=C\C/C=C\C/C=C\CC. The van der Waals surface area contributed by atoms with Crippen LogP contribution in [0.3, 0.4) is 0 Å². The highest BCUT2D eigenvalue weighted by molar-refractivity contribution is 7.47. The van der Waals surface area contributed by atoms with Crippen molar-refractivity contribution in [2.24, 2.45) is 0 Å². The van der Waals surface area contributed by atoms with Crippen LogP contribution in [0.5, 0.6) is 0 Å². The van der Waals surface area contributed by atoms with Crippen LogP contribution in [-0.2, 0) is 55.8 Å². The summed E-state index contributed by atoms with van der Waals surface area (Å²) >= 11 is 0. The minimum atomic E-state index is -4.96. The van der Waals surface area contributed by atoms with Crippen molar-refractivity contribution in [1.82, 2.24) is 0 Å². The Balaban J connectivity index is 4.50. The Bertz CT molecular complexity index is 2660. The molecule has 0 fully saturated rings. The zero-order valence-corrected chi connectivity index (χ0v) is 70.0. The predicted molar refractivity (Wildman–Crippen MR) is 454 cm³/mol. The maximum Gasteiger partial charge on any atom is 0.472 e. The van der Waals surface area contributed by atoms with Crippen LogP contribution >= 0.6 is 15.6 Å². The van der Waals surface area contributed by atoms with Crippen LogP contribution < -0.4 is 0 Å². The molecule has 18 heteroatoms. The number of ether oxygens (including phenoxy) is 3. The summed E-state index contributed by atoms with van der Waals surface area (Å²) in [5, 5.41) is 20.7. The molecule has 4 N–H and O–H groups in total. The van der Waals surface area contributed by atoms with Gasteiger partial charge in [-0.3, -0.25) is 32.5 Å². The second kappa shape index (κ2) is 82.4. The van der Waals surface area contributed by atoms with Gasteiger partial charge in [0.15, 0.2) is 6.10 Å². The average molecular weight is 1560 g/mol. The zero-order valence-electron chi connectivity index (χ0n) is 68.2. The van der Waals surface area contributed by atoms with Gasteiger partial charge in [-0.25, -0.2) is 9.13 Å². The van der Waals surface area contributed by atoms with E-state index in [1.807, 2.05) is 12.2 Å². The van der Waals surface area contributed by atoms with Crippen molar-refractivity contribution in [2.75, 3.05) is 39.6 Å². The van der Waals surface area contributed by atoms with Gasteiger partial charge in [-0.05, 0) is 148 Å². The maximum atomic E-state index is 13.0. The topological polar surface area (TPSA) is 231 Å². The van der Waals surface area contributed by atoms with Gasteiger partial charge < -0.3 is 34.2 Å². The molecule has 5 unspecified atom stereocenters. The third-order valence-electron chi connectivity index (χ3n) is 17.4. The summed E-state index contributed by atoms with van der Waals surface area (Å²) in [5.74, 6) is -1.67. The molecule has 0 radical (unpaired) electrons. The Morgan fingerprint density at radius 2 is 0.495 bits per heavy atom. The molecule has 0 heterocycles. The van der Waals surface area contributed by atoms with E-state index < -0.39 is 91.5 Å². The van der Waals surface area contributed by atoms with Crippen molar-refractivity contribution in [2.45, 2.75) is 347 Å². The highest BCUT2D eigenvalue weighted by atomic mass is 31.2. The van der Waals surface area contributed by atoms with Gasteiger partial charge in [0, 0.05) is 19.3 Å². The summed E-state index contributed by atoms with van der Waals surface area (Å²) in [5.41, 5.74) is 0. The molecule has 0 aliphatic carbocycles. The first-order valence-corrected chi connectivity index (χ1v) is 45.4. The average Bonchev–Trinajstić information content (AvgIpc) is 0.903. The Morgan fingerprint density at radius 3 is 0.798 bits per heavy atom. The molecule has 0 aliphatic heterocycles. The predicted octanol–water partition coefficient (Wildman–Crippen LogP) is 25.5. The molecule has 0 rings (SSSR count). The fourth-order valence-corrected chi connectivity index (χ4v) is 12.6. The van der Waals surface area contributed by atoms with E-state index >= 15 is 0 Å². The van der Waals surface area contributed by atoms with Crippen LogP contribution in [0.1, 0.15) is 329 Å². The number of phosphoric acid groups is 2. The van der Waals surface area contributed by atoms with E-state index in [1.54, 1.807) is 0 Å². The van der Waals surface area contributed by atoms with Crippen molar-refractivity contribution in [3.63, 3.8) is 0 Å². The number of carbonyl (C=O) groups is 3. The maximum absolute atomic E-state index is 13.0. The Labute approximate surface area is 662 Å². The van der Waals surface area contributed by atoms with Gasteiger partial charge in [0.05, 0.1) is 26.4 Å². The molecule has 0 aromatic carbocycles. The van der Waals surface area contributed by atoms with Gasteiger partial charge in [-0.1, -0.05) is 332 Å². The molecule has 622 valence electrons. The van der Waals surface area contributed by atoms with Crippen LogP contribution in [0.4, 0.5) is 0 Å². The van der Waals surface area contributed by atoms with Crippen LogP contribution in [0.15, 0.2) is 170 Å². The molecule has 5 atom stereocenters. The number of unbranched alkanes of at least 4 members (excludes halogenated alkanes) is 28. The van der Waals surface area contributed by atoms with E-state index in [0.717, 1.165) is 135 Å². The van der Waals surface area contributed by atoms with E-state index in [9.17, 15) is 43.5 Å². The summed E-state index contributed by atoms with van der Waals surface area (Å²) in [7, 11) is -9.83. The van der Waals surface area contributed by atoms with E-state index in [1.165, 1.54) is 128 Å². The monoisotopic (exact) mass is 1560 g/mol. The summed E-state index contributed by atoms with van der Waals surface area (Å²) in [6, 6.07) is 0. The molecule has 0 bridgehead atoms. The lowest BCUT2D eigenvalue weighted by Gasteiger charge is -2.21. The summed E-state index contributed by atoms with van der Waals surface area (Å²) in [6.45, 7) is 2.34. The standard InChI is InChI=1S/C91H152O16P2/c1-4-7-10-13-16-19-22-25-28-31-33-35-36-37-38-39-40-41-42-43-44-45-46-47-48-50-52-54-56-59-62-65-68-71-74-77-89(94)101-80-86(92)81-103-108(97,98)104-82-87(93)83-105-109(99,100)106-85-88(107-91(96)79-76-73-70-67-64-61-58-53-30-27-24-21-18-15-12-9-6-3)84-102-90(95)78-75-72-69-66-63-60-57-55-51-49-34-32-29-26-23-20-17-14-11-8-5-2/h8-9,11-12,16-21,25-30,33-35,37-38,49,55,57-58,61,67,70,86-88,92-93H,4-7,10,13-15,22-24,31-32,36,39-48,50-54,56,59-60,62-66,68-69,71-85H2,1-3H3,(H,97,98)(H,99,100)/b11-8-,12-9-,19-16-,20-17-,21-18-,28-25-,29-26-,30-27-,35-33-,38-37-,49-34-,57-55-,61-58-,70-67-. The fourth-order valence-electron chi connectivity index (χ4n) is 11.0. The van der Waals surface area contributed by atoms with E-state index in [0.29, 0.717) is 25.7 Å². The van der Waals surface area contributed by atoms with Crippen LogP contribution in [0.25, 0.3) is 0 Å². The normalized spacial score (nSPS) is 14.7. The van der Waals surface area contributed by atoms with Crippen LogP contribution in [0, 0.1) is 0 Å². The van der Waals surface area contributed by atoms with Crippen molar-refractivity contribution in [3.05, 3.63) is 170 Å². The Morgan fingerprint density at radius 1 is 0.266 bits per heavy atom. The van der Waals surface area contributed by atoms with Gasteiger partial charge in [0.1, 0.15) is 25.4 Å². The molecule has 0 amide bonds. The van der Waals surface area contributed by atoms with Gasteiger partial charge >= 0.3 is 33.6 Å². The van der Waals surface area contributed by atoms with E-state index in [-0.39, 0.29) is 19.3 Å². The van der Waals surface area contributed by atoms with E-state index in [4.69, 9.17) is 32.3 Å². The zero-order chi connectivity index (χ0) is 79.4. The highest BCUT2D eigenvalue weighted by Gasteiger charge is 2.29. The number of hydrogen-bond acceptors (Lipinski definition) is 14. The van der Waals surface area contributed by atoms with Crippen LogP contribution in [-0.4, -0.2) is 95.9 Å². The molecule has 0 saturated heterocycles. The molecule has 0 aliphatic rings. The number of carbonyl (C=O) groups excluding carboxylic acids is 3. The summed E-state index contributed by atoms with van der Waals surface area (Å²) in [4.78, 5) is 58.7. The number of rotatable bonds is 79. The van der Waals surface area contributed by atoms with Gasteiger partial charge in [0.2, 0.25) is 0 Å². The molecule has 0 saturated carbocycles. The quantitative estimate of drug-likeness (QED) is 0.0146. The van der Waals surface area contributed by atoms with Gasteiger partial charge in [-0.15, -0.1) is 0 Å². The minimum Gasteiger partial charge on any atom is -0.463 e. The van der Waals surface area contributed by atoms with Crippen molar-refractivity contribution < 1.29 is 75.8 Å².